The van der Waals surface area contributed by atoms with Crippen LogP contribution in [0.25, 0.3) is 0 Å². The maximum absolute atomic E-state index is 11.9. The van der Waals surface area contributed by atoms with Crippen LogP contribution in [0.5, 0.6) is 0 Å². The highest BCUT2D eigenvalue weighted by Gasteiger charge is 2.31. The number of hydrogen-bond acceptors (Lipinski definition) is 3. The number of ketones is 1. The third kappa shape index (κ3) is 3.55. The molecule has 98 valence electrons. The summed E-state index contributed by atoms with van der Waals surface area (Å²) in [7, 11) is 0. The zero-order chi connectivity index (χ0) is 13.2. The van der Waals surface area contributed by atoms with Crippen molar-refractivity contribution in [3.63, 3.8) is 0 Å². The molecule has 18 heavy (non-hydrogen) atoms. The molecule has 1 aliphatic heterocycles. The SMILES string of the molecule is CC1(O)CCN(CCC(=O)c2ccc(Cl)cc2)C1. The molecule has 0 amide bonds. The molecule has 0 spiro atoms. The van der Waals surface area contributed by atoms with Gasteiger partial charge in [0.25, 0.3) is 0 Å². The van der Waals surface area contributed by atoms with Crippen molar-refractivity contribution in [2.24, 2.45) is 0 Å². The zero-order valence-electron chi connectivity index (χ0n) is 10.5. The van der Waals surface area contributed by atoms with Gasteiger partial charge in [-0.3, -0.25) is 9.69 Å². The average Bonchev–Trinajstić information content (AvgIpc) is 2.67. The van der Waals surface area contributed by atoms with Crippen molar-refractivity contribution >= 4 is 17.4 Å². The molecule has 1 fully saturated rings. The van der Waals surface area contributed by atoms with Gasteiger partial charge in [-0.05, 0) is 37.6 Å². The molecule has 1 N–H and O–H groups in total. The van der Waals surface area contributed by atoms with E-state index in [4.69, 9.17) is 11.6 Å². The van der Waals surface area contributed by atoms with E-state index in [1.54, 1.807) is 24.3 Å². The number of carbonyl (C=O) groups excluding carboxylic acids is 1. The molecule has 4 heteroatoms. The third-order valence-corrected chi connectivity index (χ3v) is 3.60. The van der Waals surface area contributed by atoms with Crippen LogP contribution in [0.2, 0.25) is 5.02 Å². The first-order valence-corrected chi connectivity index (χ1v) is 6.58. The van der Waals surface area contributed by atoms with Crippen molar-refractivity contribution in [3.8, 4) is 0 Å². The molecule has 1 atom stereocenters. The molecule has 1 aliphatic rings. The van der Waals surface area contributed by atoms with Crippen molar-refractivity contribution in [2.75, 3.05) is 19.6 Å². The van der Waals surface area contributed by atoms with Gasteiger partial charge in [0.15, 0.2) is 5.78 Å². The summed E-state index contributed by atoms with van der Waals surface area (Å²) in [6.45, 7) is 4.06. The Morgan fingerprint density at radius 3 is 2.67 bits per heavy atom. The summed E-state index contributed by atoms with van der Waals surface area (Å²) >= 11 is 5.78. The number of hydrogen-bond donors (Lipinski definition) is 1. The quantitative estimate of drug-likeness (QED) is 0.852. The molecule has 1 heterocycles. The summed E-state index contributed by atoms with van der Waals surface area (Å²) in [6.07, 6.45) is 1.26. The van der Waals surface area contributed by atoms with Gasteiger partial charge in [-0.1, -0.05) is 11.6 Å². The normalized spacial score (nSPS) is 24.4. The van der Waals surface area contributed by atoms with Crippen molar-refractivity contribution in [1.29, 1.82) is 0 Å². The number of nitrogens with zero attached hydrogens (tertiary/aromatic N) is 1. The second kappa shape index (κ2) is 5.39. The van der Waals surface area contributed by atoms with Crippen molar-refractivity contribution in [3.05, 3.63) is 34.9 Å². The van der Waals surface area contributed by atoms with Gasteiger partial charge in [-0.2, -0.15) is 0 Å². The van der Waals surface area contributed by atoms with Crippen LogP contribution in [-0.4, -0.2) is 41.0 Å². The van der Waals surface area contributed by atoms with E-state index in [0.29, 0.717) is 30.1 Å². The molecule has 0 bridgehead atoms. The summed E-state index contributed by atoms with van der Waals surface area (Å²) in [5.74, 6) is 0.123. The fourth-order valence-electron chi connectivity index (χ4n) is 2.27. The molecule has 0 aliphatic carbocycles. The van der Waals surface area contributed by atoms with Gasteiger partial charge in [0.05, 0.1) is 5.60 Å². The largest absolute Gasteiger partial charge is 0.389 e. The number of Topliss-reactive ketones (excluding diaryl/α,β-unsaturated/α-hetero) is 1. The fourth-order valence-corrected chi connectivity index (χ4v) is 2.40. The highest BCUT2D eigenvalue weighted by atomic mass is 35.5. The Morgan fingerprint density at radius 1 is 1.44 bits per heavy atom. The van der Waals surface area contributed by atoms with Gasteiger partial charge in [0, 0.05) is 36.6 Å². The van der Waals surface area contributed by atoms with E-state index in [2.05, 4.69) is 4.90 Å². The van der Waals surface area contributed by atoms with Crippen LogP contribution >= 0.6 is 11.6 Å². The molecule has 1 unspecified atom stereocenters. The van der Waals surface area contributed by atoms with E-state index in [1.807, 2.05) is 6.92 Å². The van der Waals surface area contributed by atoms with Gasteiger partial charge >= 0.3 is 0 Å². The second-order valence-electron chi connectivity index (χ2n) is 5.20. The molecule has 0 aromatic heterocycles. The standard InChI is InChI=1S/C14H18ClNO2/c1-14(18)7-9-16(10-14)8-6-13(17)11-2-4-12(15)5-3-11/h2-5,18H,6-10H2,1H3. The Hall–Kier alpha value is -0.900. The number of carbonyl (C=O) groups is 1. The van der Waals surface area contributed by atoms with E-state index in [0.717, 1.165) is 13.0 Å². The maximum Gasteiger partial charge on any atom is 0.164 e. The first-order valence-electron chi connectivity index (χ1n) is 6.20. The number of benzene rings is 1. The van der Waals surface area contributed by atoms with Gasteiger partial charge in [-0.15, -0.1) is 0 Å². The van der Waals surface area contributed by atoms with Crippen LogP contribution in [0.1, 0.15) is 30.1 Å². The van der Waals surface area contributed by atoms with Gasteiger partial charge < -0.3 is 5.11 Å². The average molecular weight is 268 g/mol. The lowest BCUT2D eigenvalue weighted by Gasteiger charge is -2.18. The highest BCUT2D eigenvalue weighted by molar-refractivity contribution is 6.30. The summed E-state index contributed by atoms with van der Waals surface area (Å²) in [4.78, 5) is 14.1. The molecule has 1 saturated heterocycles. The summed E-state index contributed by atoms with van der Waals surface area (Å²) in [5.41, 5.74) is 0.105. The van der Waals surface area contributed by atoms with Crippen LogP contribution in [0.4, 0.5) is 0 Å². The lowest BCUT2D eigenvalue weighted by Crippen LogP contribution is -2.31. The van der Waals surface area contributed by atoms with Crippen LogP contribution in [0.15, 0.2) is 24.3 Å². The zero-order valence-corrected chi connectivity index (χ0v) is 11.3. The Bertz CT molecular complexity index is 428. The summed E-state index contributed by atoms with van der Waals surface area (Å²) < 4.78 is 0. The van der Waals surface area contributed by atoms with E-state index < -0.39 is 5.60 Å². The molecule has 2 rings (SSSR count). The van der Waals surface area contributed by atoms with Gasteiger partial charge in [-0.25, -0.2) is 0 Å². The number of halogens is 1. The van der Waals surface area contributed by atoms with Crippen molar-refractivity contribution < 1.29 is 9.90 Å². The van der Waals surface area contributed by atoms with E-state index in [-0.39, 0.29) is 5.78 Å². The number of β-amino-alcohol motifs (C(OH)–C–C–N with tert-alkyl or cyclic N) is 1. The molecule has 0 saturated carbocycles. The van der Waals surface area contributed by atoms with Gasteiger partial charge in [0.1, 0.15) is 0 Å². The van der Waals surface area contributed by atoms with Crippen LogP contribution in [0, 0.1) is 0 Å². The number of rotatable bonds is 4. The smallest absolute Gasteiger partial charge is 0.164 e. The van der Waals surface area contributed by atoms with Gasteiger partial charge in [0.2, 0.25) is 0 Å². The minimum absolute atomic E-state index is 0.123. The number of aliphatic hydroxyl groups is 1. The summed E-state index contributed by atoms with van der Waals surface area (Å²) in [6, 6.07) is 6.97. The first kappa shape index (κ1) is 13.5. The first-order chi connectivity index (χ1) is 8.46. The van der Waals surface area contributed by atoms with E-state index in [9.17, 15) is 9.90 Å². The van der Waals surface area contributed by atoms with E-state index >= 15 is 0 Å². The predicted molar refractivity (Wildman–Crippen MR) is 72.1 cm³/mol. The molecule has 1 aromatic rings. The van der Waals surface area contributed by atoms with E-state index in [1.165, 1.54) is 0 Å². The highest BCUT2D eigenvalue weighted by Crippen LogP contribution is 2.20. The molecular weight excluding hydrogens is 250 g/mol. The lowest BCUT2D eigenvalue weighted by atomic mass is 10.1. The lowest BCUT2D eigenvalue weighted by molar-refractivity contribution is 0.0677. The molecule has 0 radical (unpaired) electrons. The predicted octanol–water partition coefficient (Wildman–Crippen LogP) is 2.37. The maximum atomic E-state index is 11.9. The Morgan fingerprint density at radius 2 is 2.11 bits per heavy atom. The minimum atomic E-state index is -0.594. The van der Waals surface area contributed by atoms with Crippen LogP contribution < -0.4 is 0 Å². The summed E-state index contributed by atoms with van der Waals surface area (Å²) in [5, 5.41) is 10.5. The Labute approximate surface area is 112 Å². The Balaban J connectivity index is 1.84. The Kier molecular flexibility index (Phi) is 4.05. The van der Waals surface area contributed by atoms with Crippen LogP contribution in [0.3, 0.4) is 0 Å². The molecular formula is C14H18ClNO2. The van der Waals surface area contributed by atoms with Crippen molar-refractivity contribution in [2.45, 2.75) is 25.4 Å². The monoisotopic (exact) mass is 267 g/mol. The molecule has 3 nitrogen and oxygen atoms in total. The van der Waals surface area contributed by atoms with Crippen LogP contribution in [-0.2, 0) is 0 Å². The number of likely N-dealkylation sites (tertiary alicyclic amines) is 1. The second-order valence-corrected chi connectivity index (χ2v) is 5.64. The third-order valence-electron chi connectivity index (χ3n) is 3.35. The minimum Gasteiger partial charge on any atom is -0.389 e. The topological polar surface area (TPSA) is 40.5 Å². The molecule has 1 aromatic carbocycles. The van der Waals surface area contributed by atoms with Crippen molar-refractivity contribution in [1.82, 2.24) is 4.90 Å². The fraction of sp³-hybridized carbons (Fsp3) is 0.500.